The summed E-state index contributed by atoms with van der Waals surface area (Å²) in [7, 11) is 0. The molecule has 0 aromatic heterocycles. The molecule has 3 heteroatoms. The average Bonchev–Trinajstić information content (AvgIpc) is 3.12. The van der Waals surface area contributed by atoms with Crippen LogP contribution in [-0.4, -0.2) is 33.6 Å². The van der Waals surface area contributed by atoms with E-state index in [1.807, 2.05) is 0 Å². The Morgan fingerprint density at radius 1 is 0.969 bits per heavy atom. The van der Waals surface area contributed by atoms with E-state index in [-0.39, 0.29) is 22.9 Å². The largest absolute Gasteiger partial charge is 0.393 e. The van der Waals surface area contributed by atoms with Gasteiger partial charge in [-0.1, -0.05) is 55.3 Å². The molecule has 0 radical (unpaired) electrons. The molecular formula is C29H42O3. The van der Waals surface area contributed by atoms with Gasteiger partial charge in [-0.3, -0.25) is 0 Å². The highest BCUT2D eigenvalue weighted by molar-refractivity contribution is 5.26. The first-order valence-electron chi connectivity index (χ1n) is 13.0. The molecule has 176 valence electrons. The molecule has 9 atom stereocenters. The minimum Gasteiger partial charge on any atom is -0.393 e. The molecule has 3 nitrogen and oxygen atoms in total. The van der Waals surface area contributed by atoms with Gasteiger partial charge in [-0.15, -0.1) is 0 Å². The van der Waals surface area contributed by atoms with Gasteiger partial charge in [0, 0.05) is 6.42 Å². The third-order valence-electron chi connectivity index (χ3n) is 10.5. The fourth-order valence-electron chi connectivity index (χ4n) is 8.60. The molecule has 3 N–H and O–H groups in total. The molecule has 1 aromatic carbocycles. The maximum atomic E-state index is 11.3. The Hall–Kier alpha value is -1.16. The van der Waals surface area contributed by atoms with Gasteiger partial charge < -0.3 is 15.3 Å². The van der Waals surface area contributed by atoms with Crippen molar-refractivity contribution in [2.24, 2.45) is 34.5 Å². The van der Waals surface area contributed by atoms with Crippen LogP contribution >= 0.6 is 0 Å². The molecule has 4 aliphatic rings. The lowest BCUT2D eigenvalue weighted by Crippen LogP contribution is -2.52. The van der Waals surface area contributed by atoms with Crippen molar-refractivity contribution in [3.8, 4) is 0 Å². The summed E-state index contributed by atoms with van der Waals surface area (Å²) < 4.78 is 0. The standard InChI is InChI=1S/C29H42O3/c1-18-4-6-19(7-5-18)16-26(31)27(32)25-11-10-23-22-9-8-20-17-21(30)12-14-28(20,2)24(22)13-15-29(23,25)3/h4-8,21-27,30-32H,9-17H2,1-3H3/t21-,22-,23-,24-,25+,26-,27-,28-,29-/m0/s1. The zero-order valence-electron chi connectivity index (χ0n) is 20.1. The van der Waals surface area contributed by atoms with Crippen molar-refractivity contribution in [3.63, 3.8) is 0 Å². The topological polar surface area (TPSA) is 60.7 Å². The van der Waals surface area contributed by atoms with E-state index in [0.29, 0.717) is 24.2 Å². The number of benzene rings is 1. The maximum Gasteiger partial charge on any atom is 0.0842 e. The molecule has 0 spiro atoms. The van der Waals surface area contributed by atoms with E-state index in [1.165, 1.54) is 24.0 Å². The second kappa shape index (κ2) is 8.25. The van der Waals surface area contributed by atoms with Crippen LogP contribution in [0.2, 0.25) is 0 Å². The number of hydrogen-bond donors (Lipinski definition) is 3. The summed E-state index contributed by atoms with van der Waals surface area (Å²) in [4.78, 5) is 0. The smallest absolute Gasteiger partial charge is 0.0842 e. The van der Waals surface area contributed by atoms with Crippen molar-refractivity contribution in [3.05, 3.63) is 47.0 Å². The summed E-state index contributed by atoms with van der Waals surface area (Å²) in [6.07, 6.45) is 10.1. The van der Waals surface area contributed by atoms with Gasteiger partial charge in [-0.2, -0.15) is 0 Å². The van der Waals surface area contributed by atoms with Crippen molar-refractivity contribution in [2.45, 2.75) is 96.9 Å². The number of fused-ring (bicyclic) bond motifs is 5. The highest BCUT2D eigenvalue weighted by Gasteiger charge is 2.60. The van der Waals surface area contributed by atoms with Gasteiger partial charge in [0.15, 0.2) is 0 Å². The van der Waals surface area contributed by atoms with Crippen molar-refractivity contribution in [1.82, 2.24) is 0 Å². The SMILES string of the molecule is Cc1ccc(C[C@H](O)[C@@H](O)[C@H]2CC[C@H]3[C@@H]4CC=C5C[C@@H](O)CC[C@]5(C)[C@H]4CC[C@]23C)cc1. The molecular weight excluding hydrogens is 396 g/mol. The number of aryl methyl sites for hydroxylation is 1. The molecule has 0 saturated heterocycles. The van der Waals surface area contributed by atoms with Crippen LogP contribution in [0.25, 0.3) is 0 Å². The Kier molecular flexibility index (Phi) is 5.83. The Bertz CT molecular complexity index is 860. The van der Waals surface area contributed by atoms with E-state index < -0.39 is 12.2 Å². The summed E-state index contributed by atoms with van der Waals surface area (Å²) in [5.74, 6) is 2.21. The van der Waals surface area contributed by atoms with Gasteiger partial charge in [0.05, 0.1) is 18.3 Å². The maximum absolute atomic E-state index is 11.3. The van der Waals surface area contributed by atoms with Crippen LogP contribution in [0, 0.1) is 41.4 Å². The molecule has 4 aliphatic carbocycles. The van der Waals surface area contributed by atoms with Gasteiger partial charge in [0.1, 0.15) is 0 Å². The number of hydrogen-bond acceptors (Lipinski definition) is 3. The first-order valence-corrected chi connectivity index (χ1v) is 13.0. The van der Waals surface area contributed by atoms with Crippen molar-refractivity contribution < 1.29 is 15.3 Å². The van der Waals surface area contributed by atoms with E-state index >= 15 is 0 Å². The summed E-state index contributed by atoms with van der Waals surface area (Å²) in [5, 5.41) is 32.5. The number of allylic oxidation sites excluding steroid dienone is 1. The summed E-state index contributed by atoms with van der Waals surface area (Å²) >= 11 is 0. The van der Waals surface area contributed by atoms with Crippen molar-refractivity contribution in [2.75, 3.05) is 0 Å². The average molecular weight is 439 g/mol. The number of rotatable bonds is 4. The van der Waals surface area contributed by atoms with Crippen molar-refractivity contribution >= 4 is 0 Å². The van der Waals surface area contributed by atoms with Crippen LogP contribution in [-0.2, 0) is 6.42 Å². The third kappa shape index (κ3) is 3.60. The van der Waals surface area contributed by atoms with Crippen LogP contribution in [0.15, 0.2) is 35.9 Å². The predicted octanol–water partition coefficient (Wildman–Crippen LogP) is 5.20. The number of aliphatic hydroxyl groups excluding tert-OH is 3. The summed E-state index contributed by atoms with van der Waals surface area (Å²) in [5.41, 5.74) is 4.21. The lowest BCUT2D eigenvalue weighted by Gasteiger charge is -2.58. The van der Waals surface area contributed by atoms with Crippen LogP contribution in [0.1, 0.15) is 76.3 Å². The van der Waals surface area contributed by atoms with E-state index in [9.17, 15) is 15.3 Å². The molecule has 3 fully saturated rings. The quantitative estimate of drug-likeness (QED) is 0.566. The second-order valence-electron chi connectivity index (χ2n) is 12.1. The number of aliphatic hydroxyl groups is 3. The van der Waals surface area contributed by atoms with Crippen LogP contribution in [0.3, 0.4) is 0 Å². The lowest BCUT2D eigenvalue weighted by atomic mass is 9.47. The van der Waals surface area contributed by atoms with Crippen LogP contribution in [0.5, 0.6) is 0 Å². The first-order chi connectivity index (χ1) is 15.2. The van der Waals surface area contributed by atoms with E-state index in [4.69, 9.17) is 0 Å². The van der Waals surface area contributed by atoms with Crippen LogP contribution in [0.4, 0.5) is 0 Å². The zero-order valence-corrected chi connectivity index (χ0v) is 20.1. The molecule has 0 bridgehead atoms. The summed E-state index contributed by atoms with van der Waals surface area (Å²) in [6, 6.07) is 8.31. The Labute approximate surface area is 193 Å². The Balaban J connectivity index is 1.33. The van der Waals surface area contributed by atoms with Gasteiger partial charge in [0.2, 0.25) is 0 Å². The zero-order chi connectivity index (χ0) is 22.7. The molecule has 3 saturated carbocycles. The first kappa shape index (κ1) is 22.6. The Morgan fingerprint density at radius 2 is 1.72 bits per heavy atom. The highest BCUT2D eigenvalue weighted by Crippen LogP contribution is 2.66. The van der Waals surface area contributed by atoms with E-state index in [0.717, 1.165) is 44.1 Å². The third-order valence-corrected chi connectivity index (χ3v) is 10.5. The fraction of sp³-hybridized carbons (Fsp3) is 0.724. The minimum absolute atomic E-state index is 0.116. The van der Waals surface area contributed by atoms with E-state index in [2.05, 4.69) is 51.1 Å². The molecule has 0 heterocycles. The summed E-state index contributed by atoms with van der Waals surface area (Å²) in [6.45, 7) is 6.96. The van der Waals surface area contributed by atoms with Gasteiger partial charge >= 0.3 is 0 Å². The Morgan fingerprint density at radius 3 is 2.47 bits per heavy atom. The molecule has 32 heavy (non-hydrogen) atoms. The fourth-order valence-corrected chi connectivity index (χ4v) is 8.60. The minimum atomic E-state index is -0.703. The molecule has 1 aromatic rings. The van der Waals surface area contributed by atoms with Gasteiger partial charge in [-0.25, -0.2) is 0 Å². The molecule has 0 aliphatic heterocycles. The molecule has 5 rings (SSSR count). The van der Waals surface area contributed by atoms with E-state index in [1.54, 1.807) is 0 Å². The van der Waals surface area contributed by atoms with Gasteiger partial charge in [0.25, 0.3) is 0 Å². The predicted molar refractivity (Wildman–Crippen MR) is 128 cm³/mol. The highest BCUT2D eigenvalue weighted by atomic mass is 16.3. The lowest BCUT2D eigenvalue weighted by molar-refractivity contribution is -0.0951. The van der Waals surface area contributed by atoms with Crippen molar-refractivity contribution in [1.29, 1.82) is 0 Å². The normalized spacial score (nSPS) is 42.9. The van der Waals surface area contributed by atoms with Gasteiger partial charge in [-0.05, 0) is 98.4 Å². The monoisotopic (exact) mass is 438 g/mol. The van der Waals surface area contributed by atoms with Crippen LogP contribution < -0.4 is 0 Å². The molecule has 0 amide bonds. The second-order valence-corrected chi connectivity index (χ2v) is 12.1. The molecule has 0 unspecified atom stereocenters.